The number of carbonyl (C=O) groups excluding carboxylic acids is 2. The molecular formula is C26H26ClN3O3. The third kappa shape index (κ3) is 4.54. The average molecular weight is 466 g/mol. The van der Waals surface area contributed by atoms with E-state index >= 15 is 0 Å². The molecule has 1 aromatic heterocycles. The number of nitrogens with zero attached hydrogens (tertiary/aromatic N) is 2. The topological polar surface area (TPSA) is 65.8 Å². The highest BCUT2D eigenvalue weighted by Crippen LogP contribution is 2.37. The molecule has 6 nitrogen and oxygen atoms in total. The maximum Gasteiger partial charge on any atom is 0.253 e. The van der Waals surface area contributed by atoms with Gasteiger partial charge in [-0.1, -0.05) is 23.7 Å². The van der Waals surface area contributed by atoms with Crippen molar-refractivity contribution in [3.63, 3.8) is 0 Å². The summed E-state index contributed by atoms with van der Waals surface area (Å²) in [5.41, 5.74) is 2.09. The smallest absolute Gasteiger partial charge is 0.253 e. The molecule has 0 aliphatic carbocycles. The van der Waals surface area contributed by atoms with Crippen LogP contribution in [0.25, 0.3) is 11.3 Å². The number of carbonyl (C=O) groups is 2. The van der Waals surface area contributed by atoms with E-state index in [1.807, 2.05) is 17.0 Å². The minimum atomic E-state index is -1.90. The summed E-state index contributed by atoms with van der Waals surface area (Å²) in [6.07, 6.45) is -0.375. The first-order chi connectivity index (χ1) is 16.8. The Morgan fingerprint density at radius 1 is 1.18 bits per heavy atom. The van der Waals surface area contributed by atoms with E-state index in [1.165, 1.54) is 0 Å². The highest BCUT2D eigenvalue weighted by molar-refractivity contribution is 6.31. The van der Waals surface area contributed by atoms with Crippen LogP contribution in [-0.2, 0) is 11.2 Å². The second-order valence-corrected chi connectivity index (χ2v) is 8.87. The summed E-state index contributed by atoms with van der Waals surface area (Å²) in [5.74, 6) is -1.86. The Balaban J connectivity index is 1.40. The fraction of sp³-hybridized carbons (Fsp3) is 0.308. The van der Waals surface area contributed by atoms with Crippen LogP contribution in [0.15, 0.2) is 59.0 Å². The van der Waals surface area contributed by atoms with Crippen LogP contribution in [0.5, 0.6) is 0 Å². The third-order valence-corrected chi connectivity index (χ3v) is 6.31. The lowest BCUT2D eigenvalue weighted by molar-refractivity contribution is -0.117. The Kier molecular flexibility index (Phi) is 5.31. The highest BCUT2D eigenvalue weighted by Gasteiger charge is 2.31. The molecule has 3 heterocycles. The van der Waals surface area contributed by atoms with Crippen molar-refractivity contribution in [2.75, 3.05) is 38.5 Å². The van der Waals surface area contributed by atoms with Crippen molar-refractivity contribution in [1.29, 1.82) is 0 Å². The van der Waals surface area contributed by atoms with Gasteiger partial charge in [-0.15, -0.1) is 0 Å². The van der Waals surface area contributed by atoms with Gasteiger partial charge in [0.1, 0.15) is 11.5 Å². The van der Waals surface area contributed by atoms with Gasteiger partial charge in [-0.05, 0) is 68.0 Å². The quantitative estimate of drug-likeness (QED) is 0.608. The average Bonchev–Trinajstić information content (AvgIpc) is 3.37. The summed E-state index contributed by atoms with van der Waals surface area (Å²) in [6, 6.07) is 15.3. The predicted molar refractivity (Wildman–Crippen MR) is 129 cm³/mol. The molecule has 0 saturated carbocycles. The number of nitrogens with one attached hydrogen (secondary N) is 1. The summed E-state index contributed by atoms with van der Waals surface area (Å²) < 4.78 is 23.6. The number of halogens is 1. The number of hydrogen-bond donors (Lipinski definition) is 1. The molecule has 5 rings (SSSR count). The van der Waals surface area contributed by atoms with Crippen molar-refractivity contribution in [2.24, 2.45) is 0 Å². The van der Waals surface area contributed by atoms with Gasteiger partial charge in [-0.3, -0.25) is 9.59 Å². The molecule has 1 fully saturated rings. The Labute approximate surface area is 200 Å². The summed E-state index contributed by atoms with van der Waals surface area (Å²) in [7, 11) is 2.06. The number of likely N-dealkylation sites (N-methyl/N-ethyl adjacent to an activating group) is 1. The van der Waals surface area contributed by atoms with Gasteiger partial charge in [0.15, 0.2) is 0 Å². The lowest BCUT2D eigenvalue weighted by atomic mass is 9.96. The van der Waals surface area contributed by atoms with Crippen LogP contribution in [0, 0.1) is 0 Å². The number of amides is 2. The molecule has 2 amide bonds. The summed E-state index contributed by atoms with van der Waals surface area (Å²) >= 11 is 6.11. The van der Waals surface area contributed by atoms with Crippen LogP contribution < -0.4 is 5.32 Å². The lowest BCUT2D eigenvalue weighted by Crippen LogP contribution is -2.34. The monoisotopic (exact) mass is 465 g/mol. The first-order valence-corrected chi connectivity index (χ1v) is 11.4. The minimum Gasteiger partial charge on any atom is -0.461 e. The largest absolute Gasteiger partial charge is 0.461 e. The van der Waals surface area contributed by atoms with Crippen LogP contribution in [-0.4, -0.2) is 54.8 Å². The summed E-state index contributed by atoms with van der Waals surface area (Å²) in [4.78, 5) is 29.9. The van der Waals surface area contributed by atoms with E-state index in [9.17, 15) is 9.59 Å². The zero-order chi connectivity index (χ0) is 24.7. The first kappa shape index (κ1) is 19.4. The van der Waals surface area contributed by atoms with Gasteiger partial charge in [0.25, 0.3) is 5.91 Å². The van der Waals surface area contributed by atoms with Crippen molar-refractivity contribution >= 4 is 29.1 Å². The number of fused-ring (bicyclic) bond motifs is 1. The molecule has 33 heavy (non-hydrogen) atoms. The summed E-state index contributed by atoms with van der Waals surface area (Å²) in [6.45, 7) is 3.22. The van der Waals surface area contributed by atoms with Crippen LogP contribution in [0.3, 0.4) is 0 Å². The normalized spacial score (nSPS) is 22.7. The number of furan rings is 1. The zero-order valence-corrected chi connectivity index (χ0v) is 19.1. The maximum absolute atomic E-state index is 13.1. The summed E-state index contributed by atoms with van der Waals surface area (Å²) in [5, 5.41) is 3.06. The van der Waals surface area contributed by atoms with E-state index in [0.29, 0.717) is 39.7 Å². The molecule has 2 aliphatic rings. The predicted octanol–water partition coefficient (Wildman–Crippen LogP) is 4.66. The molecule has 0 bridgehead atoms. The van der Waals surface area contributed by atoms with Crippen molar-refractivity contribution in [3.05, 3.63) is 76.5 Å². The van der Waals surface area contributed by atoms with E-state index < -0.39 is 18.2 Å². The molecule has 0 spiro atoms. The van der Waals surface area contributed by atoms with Crippen LogP contribution in [0.1, 0.15) is 36.7 Å². The number of anilines is 1. The first-order valence-electron chi connectivity index (χ1n) is 12.1. The number of hydrogen-bond acceptors (Lipinski definition) is 4. The fourth-order valence-electron chi connectivity index (χ4n) is 4.27. The molecule has 2 atom stereocenters. The van der Waals surface area contributed by atoms with Gasteiger partial charge in [-0.25, -0.2) is 0 Å². The van der Waals surface area contributed by atoms with E-state index in [2.05, 4.69) is 17.3 Å². The molecular weight excluding hydrogens is 438 g/mol. The maximum atomic E-state index is 13.1. The molecule has 170 valence electrons. The third-order valence-electron chi connectivity index (χ3n) is 6.08. The van der Waals surface area contributed by atoms with E-state index in [4.69, 9.17) is 18.8 Å². The van der Waals surface area contributed by atoms with Crippen LogP contribution in [0.4, 0.5) is 5.69 Å². The van der Waals surface area contributed by atoms with Gasteiger partial charge < -0.3 is 19.5 Å². The van der Waals surface area contributed by atoms with Gasteiger partial charge in [0, 0.05) is 50.6 Å². The van der Waals surface area contributed by atoms with E-state index in [0.717, 1.165) is 26.1 Å². The highest BCUT2D eigenvalue weighted by atomic mass is 35.5. The zero-order valence-electron chi connectivity index (χ0n) is 20.3. The Hall–Kier alpha value is -3.09. The van der Waals surface area contributed by atoms with E-state index in [-0.39, 0.29) is 11.7 Å². The van der Waals surface area contributed by atoms with Crippen molar-refractivity contribution in [2.45, 2.75) is 18.7 Å². The van der Waals surface area contributed by atoms with Crippen molar-refractivity contribution in [3.8, 4) is 11.3 Å². The lowest BCUT2D eigenvalue weighted by Gasteiger charge is -2.20. The minimum absolute atomic E-state index is 0.0199. The SMILES string of the molecule is [2H]C(c1ccc(-c2cccc(C(=O)N3CCCN(C)CC3)c2)o1)C1([2H])C(=O)Nc2ccc(Cl)cc21. The molecule has 2 aromatic carbocycles. The van der Waals surface area contributed by atoms with E-state index in [1.54, 1.807) is 42.5 Å². The Morgan fingerprint density at radius 2 is 2.06 bits per heavy atom. The second-order valence-electron chi connectivity index (χ2n) is 8.43. The van der Waals surface area contributed by atoms with Crippen molar-refractivity contribution in [1.82, 2.24) is 9.80 Å². The van der Waals surface area contributed by atoms with Crippen molar-refractivity contribution < 1.29 is 16.7 Å². The van der Waals surface area contributed by atoms with Crippen LogP contribution in [0.2, 0.25) is 5.02 Å². The standard InChI is InChI=1S/C26H26ClN3O3/c1-29-10-3-11-30(13-12-29)26(32)18-5-2-4-17(14-18)24-9-7-20(33-24)16-22-21-15-19(27)6-8-23(21)28-25(22)31/h2,4-9,14-15,22H,3,10-13,16H2,1H3,(H,28,31)/i16D,22D. The molecule has 1 N–H and O–H groups in total. The van der Waals surface area contributed by atoms with Crippen LogP contribution >= 0.6 is 11.6 Å². The molecule has 2 aliphatic heterocycles. The number of benzene rings is 2. The Bertz CT molecular complexity index is 1300. The second kappa shape index (κ2) is 9.04. The molecule has 7 heteroatoms. The van der Waals surface area contributed by atoms with Gasteiger partial charge >= 0.3 is 0 Å². The van der Waals surface area contributed by atoms with Gasteiger partial charge in [0.05, 0.1) is 5.89 Å². The molecule has 3 aromatic rings. The molecule has 2 unspecified atom stereocenters. The molecule has 0 radical (unpaired) electrons. The molecule has 1 saturated heterocycles. The van der Waals surface area contributed by atoms with Gasteiger partial charge in [0.2, 0.25) is 5.91 Å². The Morgan fingerprint density at radius 3 is 2.94 bits per heavy atom. The van der Waals surface area contributed by atoms with Gasteiger partial charge in [-0.2, -0.15) is 0 Å². The number of rotatable bonds is 4. The fourth-order valence-corrected chi connectivity index (χ4v) is 4.44.